The van der Waals surface area contributed by atoms with Crippen LogP contribution < -0.4 is 5.32 Å². The molecule has 1 saturated heterocycles. The Labute approximate surface area is 176 Å². The number of imidazole rings is 1. The van der Waals surface area contributed by atoms with Gasteiger partial charge >= 0.3 is 0 Å². The van der Waals surface area contributed by atoms with Crippen LogP contribution in [0.4, 0.5) is 0 Å². The lowest BCUT2D eigenvalue weighted by molar-refractivity contribution is -0.120. The Hall–Kier alpha value is -2.31. The van der Waals surface area contributed by atoms with Crippen molar-refractivity contribution in [1.29, 1.82) is 0 Å². The number of likely N-dealkylation sites (tertiary alicyclic amines) is 1. The van der Waals surface area contributed by atoms with Crippen molar-refractivity contribution in [3.8, 4) is 0 Å². The Kier molecular flexibility index (Phi) is 6.21. The fourth-order valence-electron chi connectivity index (χ4n) is 3.91. The second-order valence-corrected chi connectivity index (χ2v) is 8.91. The van der Waals surface area contributed by atoms with Gasteiger partial charge < -0.3 is 9.88 Å². The zero-order chi connectivity index (χ0) is 20.2. The van der Waals surface area contributed by atoms with Crippen LogP contribution in [0, 0.1) is 0 Å². The van der Waals surface area contributed by atoms with E-state index in [1.165, 1.54) is 5.56 Å². The molecule has 152 valence electrons. The number of thioether (sulfide) groups is 1. The van der Waals surface area contributed by atoms with Gasteiger partial charge in [-0.1, -0.05) is 54.2 Å². The second kappa shape index (κ2) is 9.01. The van der Waals surface area contributed by atoms with Gasteiger partial charge in [-0.3, -0.25) is 9.69 Å². The van der Waals surface area contributed by atoms with Gasteiger partial charge in [0, 0.05) is 32.2 Å². The van der Waals surface area contributed by atoms with E-state index in [0.717, 1.165) is 48.8 Å². The third-order valence-corrected chi connectivity index (χ3v) is 6.55. The number of nitrogens with zero attached hydrogens (tertiary/aromatic N) is 3. The van der Waals surface area contributed by atoms with Crippen molar-refractivity contribution in [3.63, 3.8) is 0 Å². The van der Waals surface area contributed by atoms with Crippen molar-refractivity contribution in [1.82, 2.24) is 19.8 Å². The molecule has 0 radical (unpaired) electrons. The summed E-state index contributed by atoms with van der Waals surface area (Å²) in [6.07, 6.45) is 1.00. The van der Waals surface area contributed by atoms with Gasteiger partial charge in [-0.15, -0.1) is 0 Å². The Balaban J connectivity index is 1.33. The summed E-state index contributed by atoms with van der Waals surface area (Å²) in [7, 11) is 0. The van der Waals surface area contributed by atoms with Crippen LogP contribution in [0.2, 0.25) is 0 Å². The molecule has 2 aromatic carbocycles. The molecule has 1 amide bonds. The number of benzene rings is 2. The van der Waals surface area contributed by atoms with Gasteiger partial charge in [-0.25, -0.2) is 4.98 Å². The number of fused-ring (bicyclic) bond motifs is 1. The molecule has 0 aliphatic carbocycles. The van der Waals surface area contributed by atoms with E-state index in [0.29, 0.717) is 0 Å². The Morgan fingerprint density at radius 3 is 2.76 bits per heavy atom. The maximum atomic E-state index is 12.8. The number of aryl methyl sites for hydroxylation is 1. The lowest BCUT2D eigenvalue weighted by Gasteiger charge is -2.18. The molecule has 1 aliphatic rings. The van der Waals surface area contributed by atoms with E-state index in [2.05, 4.69) is 52.0 Å². The number of aromatic nitrogens is 2. The topological polar surface area (TPSA) is 50.2 Å². The maximum absolute atomic E-state index is 12.8. The fourth-order valence-corrected chi connectivity index (χ4v) is 4.91. The largest absolute Gasteiger partial charge is 0.351 e. The zero-order valence-electron chi connectivity index (χ0n) is 17.0. The summed E-state index contributed by atoms with van der Waals surface area (Å²) in [5.74, 6) is 0.0938. The number of nitrogens with one attached hydrogen (secondary N) is 1. The van der Waals surface area contributed by atoms with Crippen LogP contribution in [0.3, 0.4) is 0 Å². The molecule has 5 nitrogen and oxygen atoms in total. The lowest BCUT2D eigenvalue weighted by atomic mass is 10.2. The molecule has 2 unspecified atom stereocenters. The zero-order valence-corrected chi connectivity index (χ0v) is 17.9. The molecule has 1 aliphatic heterocycles. The Morgan fingerprint density at radius 1 is 1.21 bits per heavy atom. The molecular formula is C23H28N4OS. The van der Waals surface area contributed by atoms with Gasteiger partial charge in [-0.05, 0) is 38.0 Å². The normalized spacial score (nSPS) is 18.2. The van der Waals surface area contributed by atoms with Crippen molar-refractivity contribution in [2.75, 3.05) is 13.1 Å². The molecule has 1 aromatic heterocycles. The summed E-state index contributed by atoms with van der Waals surface area (Å²) < 4.78 is 2.18. The number of carbonyl (C=O) groups is 1. The van der Waals surface area contributed by atoms with Gasteiger partial charge in [0.15, 0.2) is 5.16 Å². The van der Waals surface area contributed by atoms with E-state index in [-0.39, 0.29) is 17.2 Å². The van der Waals surface area contributed by atoms with Crippen molar-refractivity contribution in [3.05, 3.63) is 60.2 Å². The lowest BCUT2D eigenvalue weighted by Crippen LogP contribution is -2.40. The predicted octanol–water partition coefficient (Wildman–Crippen LogP) is 3.93. The number of hydrogen-bond acceptors (Lipinski definition) is 4. The van der Waals surface area contributed by atoms with Crippen LogP contribution in [-0.2, 0) is 17.9 Å². The van der Waals surface area contributed by atoms with Crippen LogP contribution in [0.1, 0.15) is 25.8 Å². The second-order valence-electron chi connectivity index (χ2n) is 7.60. The molecule has 4 rings (SSSR count). The van der Waals surface area contributed by atoms with E-state index >= 15 is 0 Å². The van der Waals surface area contributed by atoms with E-state index in [9.17, 15) is 4.79 Å². The minimum atomic E-state index is -0.180. The molecule has 0 spiro atoms. The molecule has 2 atom stereocenters. The average molecular weight is 409 g/mol. The van der Waals surface area contributed by atoms with Gasteiger partial charge in [0.25, 0.3) is 0 Å². The van der Waals surface area contributed by atoms with Gasteiger partial charge in [-0.2, -0.15) is 0 Å². The monoisotopic (exact) mass is 408 g/mol. The number of hydrogen-bond donors (Lipinski definition) is 1. The van der Waals surface area contributed by atoms with Crippen LogP contribution in [-0.4, -0.2) is 44.7 Å². The van der Waals surface area contributed by atoms with Crippen molar-refractivity contribution < 1.29 is 4.79 Å². The highest BCUT2D eigenvalue weighted by Gasteiger charge is 2.26. The average Bonchev–Trinajstić information content (AvgIpc) is 3.32. The van der Waals surface area contributed by atoms with Crippen molar-refractivity contribution in [2.45, 2.75) is 49.8 Å². The van der Waals surface area contributed by atoms with Crippen molar-refractivity contribution >= 4 is 28.7 Å². The standard InChI is InChI=1S/C23H28N4OS/c1-3-27-21-12-8-7-11-20(21)25-23(27)29-17(2)22(28)24-19-13-14-26(16-19)15-18-9-5-4-6-10-18/h4-12,17,19H,3,13-16H2,1-2H3,(H,24,28). The molecule has 6 heteroatoms. The highest BCUT2D eigenvalue weighted by Crippen LogP contribution is 2.27. The first-order valence-corrected chi connectivity index (χ1v) is 11.2. The van der Waals surface area contributed by atoms with Gasteiger partial charge in [0.1, 0.15) is 0 Å². The third-order valence-electron chi connectivity index (χ3n) is 5.45. The van der Waals surface area contributed by atoms with Crippen LogP contribution >= 0.6 is 11.8 Å². The predicted molar refractivity (Wildman–Crippen MR) is 119 cm³/mol. The van der Waals surface area contributed by atoms with Crippen LogP contribution in [0.15, 0.2) is 59.8 Å². The minimum Gasteiger partial charge on any atom is -0.351 e. The number of carbonyl (C=O) groups excluding carboxylic acids is 1. The molecule has 1 N–H and O–H groups in total. The molecule has 0 bridgehead atoms. The quantitative estimate of drug-likeness (QED) is 0.602. The highest BCUT2D eigenvalue weighted by atomic mass is 32.2. The highest BCUT2D eigenvalue weighted by molar-refractivity contribution is 8.00. The summed E-state index contributed by atoms with van der Waals surface area (Å²) in [5.41, 5.74) is 3.43. The third kappa shape index (κ3) is 4.65. The molecule has 29 heavy (non-hydrogen) atoms. The summed E-state index contributed by atoms with van der Waals surface area (Å²) in [6.45, 7) is 7.80. The first kappa shape index (κ1) is 20.0. The van der Waals surface area contributed by atoms with Gasteiger partial charge in [0.2, 0.25) is 5.91 Å². The SMILES string of the molecule is CCn1c(SC(C)C(=O)NC2CCN(Cc3ccccc3)C2)nc2ccccc21. The summed E-state index contributed by atoms with van der Waals surface area (Å²) in [6, 6.07) is 18.9. The Bertz CT molecular complexity index is 971. The van der Waals surface area contributed by atoms with Crippen molar-refractivity contribution in [2.24, 2.45) is 0 Å². The summed E-state index contributed by atoms with van der Waals surface area (Å²) in [4.78, 5) is 19.9. The minimum absolute atomic E-state index is 0.0938. The van der Waals surface area contributed by atoms with Crippen LogP contribution in [0.5, 0.6) is 0 Å². The fraction of sp³-hybridized carbons (Fsp3) is 0.391. The van der Waals surface area contributed by atoms with Crippen LogP contribution in [0.25, 0.3) is 11.0 Å². The first-order chi connectivity index (χ1) is 14.1. The van der Waals surface area contributed by atoms with E-state index in [1.54, 1.807) is 11.8 Å². The maximum Gasteiger partial charge on any atom is 0.233 e. The number of rotatable bonds is 7. The molecule has 1 fully saturated rings. The number of para-hydroxylation sites is 2. The number of amides is 1. The summed E-state index contributed by atoms with van der Waals surface area (Å²) in [5, 5.41) is 3.98. The molecule has 3 aromatic rings. The smallest absolute Gasteiger partial charge is 0.233 e. The van der Waals surface area contributed by atoms with Gasteiger partial charge in [0.05, 0.1) is 16.3 Å². The Morgan fingerprint density at radius 2 is 1.97 bits per heavy atom. The van der Waals surface area contributed by atoms with E-state index in [1.807, 2.05) is 31.2 Å². The van der Waals surface area contributed by atoms with E-state index < -0.39 is 0 Å². The van der Waals surface area contributed by atoms with E-state index in [4.69, 9.17) is 4.98 Å². The first-order valence-electron chi connectivity index (χ1n) is 10.3. The molecule has 0 saturated carbocycles. The molecular weight excluding hydrogens is 380 g/mol. The molecule has 2 heterocycles. The summed E-state index contributed by atoms with van der Waals surface area (Å²) >= 11 is 1.54.